The number of hydrogen-bond acceptors (Lipinski definition) is 1. The molecule has 14 heavy (non-hydrogen) atoms. The van der Waals surface area contributed by atoms with Crippen molar-refractivity contribution in [3.8, 4) is 0 Å². The molecule has 0 fully saturated rings. The molecule has 0 bridgehead atoms. The quantitative estimate of drug-likeness (QED) is 0.828. The van der Waals surface area contributed by atoms with Gasteiger partial charge in [0.15, 0.2) is 0 Å². The Kier molecular flexibility index (Phi) is 3.41. The van der Waals surface area contributed by atoms with Crippen LogP contribution in [0.3, 0.4) is 0 Å². The summed E-state index contributed by atoms with van der Waals surface area (Å²) in [6, 6.07) is 6.83. The van der Waals surface area contributed by atoms with Gasteiger partial charge in [-0.05, 0) is 30.2 Å². The zero-order chi connectivity index (χ0) is 10.7. The van der Waals surface area contributed by atoms with E-state index in [-0.39, 0.29) is 5.57 Å². The van der Waals surface area contributed by atoms with Crippen molar-refractivity contribution in [2.45, 2.75) is 6.92 Å². The van der Waals surface area contributed by atoms with E-state index in [9.17, 15) is 9.18 Å². The molecule has 0 amide bonds. The van der Waals surface area contributed by atoms with E-state index in [1.165, 1.54) is 6.92 Å². The fourth-order valence-corrected chi connectivity index (χ4v) is 1.41. The molecular weight excluding hydrogens is 251 g/mol. The standard InChI is InChI=1S/C10H8BrFO2/c1-6(9(12)10(13)14)7-3-2-4-8(11)5-7/h2-5H,1H3,(H,13,14). The van der Waals surface area contributed by atoms with E-state index >= 15 is 0 Å². The van der Waals surface area contributed by atoms with Gasteiger partial charge in [0.25, 0.3) is 0 Å². The normalized spacial score (nSPS) is 12.2. The molecule has 0 spiro atoms. The van der Waals surface area contributed by atoms with Gasteiger partial charge in [0.1, 0.15) is 0 Å². The molecule has 1 aromatic carbocycles. The van der Waals surface area contributed by atoms with Crippen molar-refractivity contribution >= 4 is 27.5 Å². The maximum Gasteiger partial charge on any atom is 0.365 e. The lowest BCUT2D eigenvalue weighted by Gasteiger charge is -2.02. The van der Waals surface area contributed by atoms with Crippen LogP contribution in [0.4, 0.5) is 4.39 Å². The fraction of sp³-hybridized carbons (Fsp3) is 0.100. The Morgan fingerprint density at radius 3 is 2.64 bits per heavy atom. The second kappa shape index (κ2) is 4.37. The number of allylic oxidation sites excluding steroid dienone is 1. The number of carboxylic acid groups (broad SMARTS) is 1. The van der Waals surface area contributed by atoms with Crippen LogP contribution in [0, 0.1) is 0 Å². The van der Waals surface area contributed by atoms with Gasteiger partial charge in [-0.15, -0.1) is 0 Å². The highest BCUT2D eigenvalue weighted by Gasteiger charge is 2.11. The van der Waals surface area contributed by atoms with Crippen LogP contribution in [0.25, 0.3) is 5.57 Å². The Labute approximate surface area is 89.2 Å². The first kappa shape index (κ1) is 10.9. The van der Waals surface area contributed by atoms with Gasteiger partial charge in [0.2, 0.25) is 5.83 Å². The average molecular weight is 259 g/mol. The molecule has 2 nitrogen and oxygen atoms in total. The molecule has 0 radical (unpaired) electrons. The highest BCUT2D eigenvalue weighted by Crippen LogP contribution is 2.22. The molecule has 0 heterocycles. The molecule has 1 aromatic rings. The highest BCUT2D eigenvalue weighted by atomic mass is 79.9. The molecule has 0 aliphatic heterocycles. The summed E-state index contributed by atoms with van der Waals surface area (Å²) in [6.45, 7) is 1.44. The number of carboxylic acids is 1. The van der Waals surface area contributed by atoms with E-state index in [0.29, 0.717) is 5.56 Å². The van der Waals surface area contributed by atoms with Crippen molar-refractivity contribution in [3.63, 3.8) is 0 Å². The summed E-state index contributed by atoms with van der Waals surface area (Å²) >= 11 is 3.22. The Hall–Kier alpha value is -1.16. The van der Waals surface area contributed by atoms with Gasteiger partial charge >= 0.3 is 5.97 Å². The Morgan fingerprint density at radius 1 is 1.50 bits per heavy atom. The molecule has 0 aliphatic carbocycles. The summed E-state index contributed by atoms with van der Waals surface area (Å²) in [5.74, 6) is -2.66. The second-order valence-corrected chi connectivity index (χ2v) is 3.67. The van der Waals surface area contributed by atoms with Crippen LogP contribution in [-0.2, 0) is 4.79 Å². The van der Waals surface area contributed by atoms with Gasteiger partial charge in [-0.1, -0.05) is 28.1 Å². The van der Waals surface area contributed by atoms with Crippen molar-refractivity contribution in [2.75, 3.05) is 0 Å². The highest BCUT2D eigenvalue weighted by molar-refractivity contribution is 9.10. The van der Waals surface area contributed by atoms with E-state index in [4.69, 9.17) is 5.11 Å². The van der Waals surface area contributed by atoms with Gasteiger partial charge < -0.3 is 5.11 Å². The van der Waals surface area contributed by atoms with Crippen LogP contribution in [-0.4, -0.2) is 11.1 Å². The molecule has 0 aliphatic rings. The minimum atomic E-state index is -1.54. The minimum absolute atomic E-state index is 0.124. The first-order valence-corrected chi connectivity index (χ1v) is 4.67. The number of benzene rings is 1. The molecule has 1 rings (SSSR count). The van der Waals surface area contributed by atoms with E-state index in [1.807, 2.05) is 0 Å². The van der Waals surface area contributed by atoms with Crippen LogP contribution in [0.5, 0.6) is 0 Å². The molecule has 0 unspecified atom stereocenters. The van der Waals surface area contributed by atoms with E-state index in [2.05, 4.69) is 15.9 Å². The van der Waals surface area contributed by atoms with Crippen molar-refractivity contribution in [2.24, 2.45) is 0 Å². The SMILES string of the molecule is CC(=C(F)C(=O)O)c1cccc(Br)c1. The number of rotatable bonds is 2. The molecule has 4 heteroatoms. The maximum absolute atomic E-state index is 13.0. The number of halogens is 2. The summed E-state index contributed by atoms with van der Waals surface area (Å²) in [4.78, 5) is 10.4. The summed E-state index contributed by atoms with van der Waals surface area (Å²) in [6.07, 6.45) is 0. The predicted molar refractivity (Wildman–Crippen MR) is 55.5 cm³/mol. The Balaban J connectivity index is 3.18. The smallest absolute Gasteiger partial charge is 0.365 e. The first-order valence-electron chi connectivity index (χ1n) is 3.88. The molecule has 1 N–H and O–H groups in total. The average Bonchev–Trinajstić information content (AvgIpc) is 2.15. The monoisotopic (exact) mass is 258 g/mol. The van der Waals surface area contributed by atoms with Crippen molar-refractivity contribution in [1.82, 2.24) is 0 Å². The van der Waals surface area contributed by atoms with Gasteiger partial charge in [-0.25, -0.2) is 4.79 Å². The van der Waals surface area contributed by atoms with Crippen LogP contribution in [0.2, 0.25) is 0 Å². The van der Waals surface area contributed by atoms with Crippen molar-refractivity contribution in [1.29, 1.82) is 0 Å². The summed E-state index contributed by atoms with van der Waals surface area (Å²) in [5, 5.41) is 8.44. The summed E-state index contributed by atoms with van der Waals surface area (Å²) in [7, 11) is 0. The fourth-order valence-electron chi connectivity index (χ4n) is 1.01. The summed E-state index contributed by atoms with van der Waals surface area (Å²) in [5.41, 5.74) is 0.679. The Morgan fingerprint density at radius 2 is 2.14 bits per heavy atom. The largest absolute Gasteiger partial charge is 0.476 e. The zero-order valence-electron chi connectivity index (χ0n) is 7.42. The molecule has 0 saturated carbocycles. The molecule has 0 saturated heterocycles. The predicted octanol–water partition coefficient (Wildman–Crippen LogP) is 3.23. The van der Waals surface area contributed by atoms with Crippen LogP contribution < -0.4 is 0 Å². The third kappa shape index (κ3) is 2.42. The van der Waals surface area contributed by atoms with Crippen LogP contribution >= 0.6 is 15.9 Å². The third-order valence-electron chi connectivity index (χ3n) is 1.77. The lowest BCUT2D eigenvalue weighted by molar-refractivity contribution is -0.134. The first-order chi connectivity index (χ1) is 6.52. The lowest BCUT2D eigenvalue weighted by Crippen LogP contribution is -1.97. The van der Waals surface area contributed by atoms with Gasteiger partial charge in [0.05, 0.1) is 0 Å². The Bertz CT molecular complexity index is 399. The zero-order valence-corrected chi connectivity index (χ0v) is 9.01. The van der Waals surface area contributed by atoms with E-state index in [1.54, 1.807) is 24.3 Å². The van der Waals surface area contributed by atoms with Gasteiger partial charge in [0, 0.05) is 4.47 Å². The molecular formula is C10H8BrFO2. The van der Waals surface area contributed by atoms with Crippen LogP contribution in [0.15, 0.2) is 34.6 Å². The topological polar surface area (TPSA) is 37.3 Å². The number of aliphatic carboxylic acids is 1. The summed E-state index contributed by atoms with van der Waals surface area (Å²) < 4.78 is 13.8. The molecule has 74 valence electrons. The van der Waals surface area contributed by atoms with Crippen LogP contribution in [0.1, 0.15) is 12.5 Å². The minimum Gasteiger partial charge on any atom is -0.476 e. The third-order valence-corrected chi connectivity index (χ3v) is 2.27. The molecule has 0 aromatic heterocycles. The van der Waals surface area contributed by atoms with E-state index < -0.39 is 11.8 Å². The number of hydrogen-bond donors (Lipinski definition) is 1. The number of carbonyl (C=O) groups is 1. The second-order valence-electron chi connectivity index (χ2n) is 2.75. The maximum atomic E-state index is 13.0. The van der Waals surface area contributed by atoms with Crippen molar-refractivity contribution in [3.05, 3.63) is 40.1 Å². The van der Waals surface area contributed by atoms with Gasteiger partial charge in [-0.2, -0.15) is 4.39 Å². The lowest BCUT2D eigenvalue weighted by atomic mass is 10.1. The van der Waals surface area contributed by atoms with E-state index in [0.717, 1.165) is 4.47 Å². The molecule has 0 atom stereocenters. The van der Waals surface area contributed by atoms with Crippen molar-refractivity contribution < 1.29 is 14.3 Å². The van der Waals surface area contributed by atoms with Gasteiger partial charge in [-0.3, -0.25) is 0 Å².